The molecule has 34 heavy (non-hydrogen) atoms. The first-order chi connectivity index (χ1) is 16.7. The normalized spacial score (nSPS) is 16.2. The van der Waals surface area contributed by atoms with E-state index >= 15 is 0 Å². The Morgan fingerprint density at radius 2 is 2.09 bits per heavy atom. The van der Waals surface area contributed by atoms with Gasteiger partial charge in [0, 0.05) is 23.8 Å². The number of anilines is 2. The number of nitrogens with one attached hydrogen (secondary N) is 1. The average Bonchev–Trinajstić information content (AvgIpc) is 3.62. The van der Waals surface area contributed by atoms with Gasteiger partial charge in [-0.15, -0.1) is 5.10 Å². The number of hydrogen-bond donors (Lipinski definition) is 1. The number of rotatable bonds is 5. The molecule has 4 aromatic heterocycles. The van der Waals surface area contributed by atoms with Gasteiger partial charge in [0.25, 0.3) is 0 Å². The lowest BCUT2D eigenvalue weighted by molar-refractivity contribution is -0.0366. The maximum absolute atomic E-state index is 6.69. The van der Waals surface area contributed by atoms with Crippen molar-refractivity contribution in [1.82, 2.24) is 29.9 Å². The zero-order valence-electron chi connectivity index (χ0n) is 18.2. The van der Waals surface area contributed by atoms with Crippen molar-refractivity contribution in [3.05, 3.63) is 53.6 Å². The van der Waals surface area contributed by atoms with Crippen molar-refractivity contribution in [2.75, 3.05) is 11.9 Å². The summed E-state index contributed by atoms with van der Waals surface area (Å²) < 4.78 is 19.0. The molecule has 0 amide bonds. The van der Waals surface area contributed by atoms with Crippen LogP contribution in [0.3, 0.4) is 0 Å². The standard InChI is InChI=1S/C23H20ClN7O3/c1-13-12-33-22(27-13)17-10-14(7-8-25-17)21-29-30-23(34-21)28-16-5-6-18-15(20(16)24)11-26-31(18)19-4-2-3-9-32-19/h5-8,10-12,19H,2-4,9H2,1H3,(H,28,30). The van der Waals surface area contributed by atoms with E-state index in [-0.39, 0.29) is 12.2 Å². The highest BCUT2D eigenvalue weighted by molar-refractivity contribution is 6.38. The van der Waals surface area contributed by atoms with E-state index in [0.717, 1.165) is 42.5 Å². The molecule has 1 aromatic carbocycles. The molecule has 1 saturated heterocycles. The predicted molar refractivity (Wildman–Crippen MR) is 125 cm³/mol. The summed E-state index contributed by atoms with van der Waals surface area (Å²) in [4.78, 5) is 8.61. The summed E-state index contributed by atoms with van der Waals surface area (Å²) >= 11 is 6.69. The van der Waals surface area contributed by atoms with Gasteiger partial charge >= 0.3 is 6.01 Å². The maximum atomic E-state index is 6.69. The second kappa shape index (κ2) is 8.54. The van der Waals surface area contributed by atoms with Crippen LogP contribution in [0.5, 0.6) is 0 Å². The molecule has 1 N–H and O–H groups in total. The molecule has 5 aromatic rings. The summed E-state index contributed by atoms with van der Waals surface area (Å²) in [6, 6.07) is 7.59. The Morgan fingerprint density at radius 3 is 2.91 bits per heavy atom. The van der Waals surface area contributed by atoms with E-state index in [1.807, 2.05) is 23.7 Å². The number of halogens is 1. The van der Waals surface area contributed by atoms with E-state index in [9.17, 15) is 0 Å². The Hall–Kier alpha value is -3.76. The van der Waals surface area contributed by atoms with Gasteiger partial charge in [0.05, 0.1) is 28.1 Å². The molecule has 6 rings (SSSR count). The highest BCUT2D eigenvalue weighted by Crippen LogP contribution is 2.35. The minimum absolute atomic E-state index is 0.0647. The van der Waals surface area contributed by atoms with Gasteiger partial charge in [-0.2, -0.15) is 5.10 Å². The van der Waals surface area contributed by atoms with Crippen molar-refractivity contribution in [3.8, 4) is 23.0 Å². The quantitative estimate of drug-likeness (QED) is 0.348. The fourth-order valence-electron chi connectivity index (χ4n) is 3.99. The molecule has 5 heterocycles. The minimum Gasteiger partial charge on any atom is -0.443 e. The summed E-state index contributed by atoms with van der Waals surface area (Å²) in [7, 11) is 0. The Labute approximate surface area is 198 Å². The largest absolute Gasteiger partial charge is 0.443 e. The Morgan fingerprint density at radius 1 is 1.15 bits per heavy atom. The van der Waals surface area contributed by atoms with Crippen molar-refractivity contribution in [2.24, 2.45) is 0 Å². The smallest absolute Gasteiger partial charge is 0.320 e. The molecule has 0 bridgehead atoms. The second-order valence-electron chi connectivity index (χ2n) is 8.03. The van der Waals surface area contributed by atoms with Crippen LogP contribution < -0.4 is 5.32 Å². The highest BCUT2D eigenvalue weighted by atomic mass is 35.5. The summed E-state index contributed by atoms with van der Waals surface area (Å²) in [5.74, 6) is 0.755. The number of fused-ring (bicyclic) bond motifs is 1. The SMILES string of the molecule is Cc1coc(-c2cc(-c3nnc(Nc4ccc5c(cnn5C5CCCCO5)c4Cl)o3)ccn2)n1. The molecule has 11 heteroatoms. The Balaban J connectivity index is 1.25. The van der Waals surface area contributed by atoms with Crippen molar-refractivity contribution >= 4 is 34.2 Å². The lowest BCUT2D eigenvalue weighted by Crippen LogP contribution is -2.18. The van der Waals surface area contributed by atoms with Crippen LogP contribution in [0, 0.1) is 6.92 Å². The van der Waals surface area contributed by atoms with Gasteiger partial charge in [-0.3, -0.25) is 4.98 Å². The van der Waals surface area contributed by atoms with Crippen LogP contribution in [0.15, 0.2) is 51.8 Å². The zero-order chi connectivity index (χ0) is 23.1. The summed E-state index contributed by atoms with van der Waals surface area (Å²) in [6.45, 7) is 2.60. The van der Waals surface area contributed by atoms with Crippen molar-refractivity contribution in [2.45, 2.75) is 32.4 Å². The number of ether oxygens (including phenoxy) is 1. The number of aryl methyl sites for hydroxylation is 1. The maximum Gasteiger partial charge on any atom is 0.320 e. The van der Waals surface area contributed by atoms with Gasteiger partial charge in [0.15, 0.2) is 6.23 Å². The zero-order valence-corrected chi connectivity index (χ0v) is 19.0. The molecule has 10 nitrogen and oxygen atoms in total. The lowest BCUT2D eigenvalue weighted by atomic mass is 10.2. The first-order valence-corrected chi connectivity index (χ1v) is 11.3. The van der Waals surface area contributed by atoms with E-state index in [1.54, 1.807) is 30.8 Å². The minimum atomic E-state index is -0.0647. The molecule has 0 radical (unpaired) electrons. The van der Waals surface area contributed by atoms with E-state index in [1.165, 1.54) is 0 Å². The highest BCUT2D eigenvalue weighted by Gasteiger charge is 2.21. The van der Waals surface area contributed by atoms with Crippen LogP contribution in [-0.4, -0.2) is 36.6 Å². The third-order valence-corrected chi connectivity index (χ3v) is 6.06. The molecular weight excluding hydrogens is 458 g/mol. The molecule has 0 spiro atoms. The lowest BCUT2D eigenvalue weighted by Gasteiger charge is -2.23. The Kier molecular flexibility index (Phi) is 5.23. The molecule has 1 unspecified atom stereocenters. The molecular formula is C23H20ClN7O3. The van der Waals surface area contributed by atoms with E-state index in [4.69, 9.17) is 25.2 Å². The molecule has 1 atom stereocenters. The fourth-order valence-corrected chi connectivity index (χ4v) is 4.24. The molecule has 0 aliphatic carbocycles. The number of nitrogens with zero attached hydrogens (tertiary/aromatic N) is 6. The van der Waals surface area contributed by atoms with Gasteiger partial charge in [-0.25, -0.2) is 9.67 Å². The van der Waals surface area contributed by atoms with E-state index in [2.05, 4.69) is 30.6 Å². The van der Waals surface area contributed by atoms with Gasteiger partial charge in [0.1, 0.15) is 12.0 Å². The fraction of sp³-hybridized carbons (Fsp3) is 0.261. The Bertz CT molecular complexity index is 1470. The van der Waals surface area contributed by atoms with Gasteiger partial charge < -0.3 is 18.9 Å². The van der Waals surface area contributed by atoms with Crippen LogP contribution >= 0.6 is 11.6 Å². The van der Waals surface area contributed by atoms with Gasteiger partial charge in [0.2, 0.25) is 11.8 Å². The van der Waals surface area contributed by atoms with Crippen molar-refractivity contribution < 1.29 is 13.6 Å². The summed E-state index contributed by atoms with van der Waals surface area (Å²) in [6.07, 6.45) is 8.04. The van der Waals surface area contributed by atoms with Crippen LogP contribution in [0.2, 0.25) is 5.02 Å². The number of aromatic nitrogens is 6. The molecule has 0 saturated carbocycles. The molecule has 172 valence electrons. The van der Waals surface area contributed by atoms with Crippen LogP contribution in [0.4, 0.5) is 11.7 Å². The molecule has 1 fully saturated rings. The van der Waals surface area contributed by atoms with Crippen molar-refractivity contribution in [3.63, 3.8) is 0 Å². The van der Waals surface area contributed by atoms with Gasteiger partial charge in [-0.1, -0.05) is 16.7 Å². The summed E-state index contributed by atoms with van der Waals surface area (Å²) in [5.41, 5.74) is 3.60. The topological polar surface area (TPSA) is 117 Å². The predicted octanol–water partition coefficient (Wildman–Crippen LogP) is 5.54. The third-order valence-electron chi connectivity index (χ3n) is 5.65. The average molecular weight is 478 g/mol. The third kappa shape index (κ3) is 3.80. The first-order valence-electron chi connectivity index (χ1n) is 10.9. The number of hydrogen-bond acceptors (Lipinski definition) is 9. The van der Waals surface area contributed by atoms with Crippen molar-refractivity contribution in [1.29, 1.82) is 0 Å². The van der Waals surface area contributed by atoms with E-state index in [0.29, 0.717) is 33.7 Å². The number of oxazole rings is 1. The van der Waals surface area contributed by atoms with Gasteiger partial charge in [-0.05, 0) is 50.5 Å². The first kappa shape index (κ1) is 20.8. The van der Waals surface area contributed by atoms with Crippen LogP contribution in [0.1, 0.15) is 31.2 Å². The second-order valence-corrected chi connectivity index (χ2v) is 8.41. The number of benzene rings is 1. The van der Waals surface area contributed by atoms with Crippen LogP contribution in [-0.2, 0) is 4.74 Å². The number of pyridine rings is 1. The van der Waals surface area contributed by atoms with E-state index < -0.39 is 0 Å². The summed E-state index contributed by atoms with van der Waals surface area (Å²) in [5, 5.41) is 17.2. The van der Waals surface area contributed by atoms with Crippen LogP contribution in [0.25, 0.3) is 33.9 Å². The molecule has 1 aliphatic rings. The molecule has 1 aliphatic heterocycles. The monoisotopic (exact) mass is 477 g/mol.